The van der Waals surface area contributed by atoms with Crippen LogP contribution in [0.4, 0.5) is 4.79 Å². The Hall–Kier alpha value is -1.31. The maximum atomic E-state index is 11.3. The van der Waals surface area contributed by atoms with Gasteiger partial charge in [0.25, 0.3) is 0 Å². The van der Waals surface area contributed by atoms with E-state index in [1.165, 1.54) is 11.9 Å². The second kappa shape index (κ2) is 6.31. The number of carboxylic acids is 1. The Labute approximate surface area is 94.3 Å². The molecule has 0 aliphatic rings. The molecule has 94 valence electrons. The molecular formula is C8H16N2O5S. The molecule has 0 aromatic rings. The number of urea groups is 1. The Kier molecular flexibility index (Phi) is 5.79. The minimum atomic E-state index is -3.10. The molecule has 0 saturated heterocycles. The van der Waals surface area contributed by atoms with Crippen LogP contribution in [0.15, 0.2) is 0 Å². The molecule has 7 nitrogen and oxygen atoms in total. The molecule has 16 heavy (non-hydrogen) atoms. The Morgan fingerprint density at radius 2 is 1.94 bits per heavy atom. The van der Waals surface area contributed by atoms with Crippen molar-refractivity contribution in [2.75, 3.05) is 32.1 Å². The van der Waals surface area contributed by atoms with E-state index >= 15 is 0 Å². The number of amides is 2. The SMILES string of the molecule is CN(CCS(C)(=O)=O)C(=O)NCCC(=O)O. The summed E-state index contributed by atoms with van der Waals surface area (Å²) in [7, 11) is -1.66. The molecule has 0 heterocycles. The van der Waals surface area contributed by atoms with Gasteiger partial charge in [-0.3, -0.25) is 4.79 Å². The number of carbonyl (C=O) groups is 2. The highest BCUT2D eigenvalue weighted by Gasteiger charge is 2.11. The summed E-state index contributed by atoms with van der Waals surface area (Å²) in [6.45, 7) is 0.106. The average Bonchev–Trinajstić information content (AvgIpc) is 2.12. The highest BCUT2D eigenvalue weighted by Crippen LogP contribution is 1.89. The zero-order chi connectivity index (χ0) is 12.8. The van der Waals surface area contributed by atoms with Crippen molar-refractivity contribution >= 4 is 21.8 Å². The van der Waals surface area contributed by atoms with E-state index in [0.29, 0.717) is 0 Å². The van der Waals surface area contributed by atoms with Crippen LogP contribution < -0.4 is 5.32 Å². The zero-order valence-electron chi connectivity index (χ0n) is 9.26. The van der Waals surface area contributed by atoms with Gasteiger partial charge in [-0.1, -0.05) is 0 Å². The largest absolute Gasteiger partial charge is 0.481 e. The lowest BCUT2D eigenvalue weighted by Gasteiger charge is -2.16. The van der Waals surface area contributed by atoms with Gasteiger partial charge in [-0.2, -0.15) is 0 Å². The molecule has 0 aromatic carbocycles. The van der Waals surface area contributed by atoms with E-state index in [0.717, 1.165) is 6.26 Å². The molecule has 0 atom stereocenters. The van der Waals surface area contributed by atoms with E-state index in [9.17, 15) is 18.0 Å². The molecule has 2 N–H and O–H groups in total. The predicted octanol–water partition coefficient (Wildman–Crippen LogP) is -0.853. The summed E-state index contributed by atoms with van der Waals surface area (Å²) < 4.78 is 21.7. The van der Waals surface area contributed by atoms with Crippen molar-refractivity contribution in [1.29, 1.82) is 0 Å². The first kappa shape index (κ1) is 14.7. The van der Waals surface area contributed by atoms with Gasteiger partial charge in [0.2, 0.25) is 0 Å². The lowest BCUT2D eigenvalue weighted by molar-refractivity contribution is -0.136. The zero-order valence-corrected chi connectivity index (χ0v) is 10.1. The normalized spacial score (nSPS) is 10.9. The van der Waals surface area contributed by atoms with Crippen LogP contribution >= 0.6 is 0 Å². The van der Waals surface area contributed by atoms with E-state index in [2.05, 4.69) is 5.32 Å². The third kappa shape index (κ3) is 8.04. The number of sulfone groups is 1. The summed E-state index contributed by atoms with van der Waals surface area (Å²) in [6, 6.07) is -0.482. The Balaban J connectivity index is 3.86. The fourth-order valence-electron chi connectivity index (χ4n) is 0.816. The average molecular weight is 252 g/mol. The predicted molar refractivity (Wildman–Crippen MR) is 58.0 cm³/mol. The van der Waals surface area contributed by atoms with Crippen molar-refractivity contribution in [2.45, 2.75) is 6.42 Å². The Morgan fingerprint density at radius 3 is 2.38 bits per heavy atom. The molecule has 0 spiro atoms. The van der Waals surface area contributed by atoms with Gasteiger partial charge in [-0.05, 0) is 0 Å². The minimum absolute atomic E-state index is 0.0252. The molecule has 0 aromatic heterocycles. The highest BCUT2D eigenvalue weighted by molar-refractivity contribution is 7.90. The van der Waals surface area contributed by atoms with Crippen LogP contribution in [-0.4, -0.2) is 62.6 Å². The van der Waals surface area contributed by atoms with E-state index < -0.39 is 21.8 Å². The fourth-order valence-corrected chi connectivity index (χ4v) is 1.42. The maximum Gasteiger partial charge on any atom is 0.317 e. The summed E-state index contributed by atoms with van der Waals surface area (Å²) in [6.07, 6.45) is 0.925. The molecular weight excluding hydrogens is 236 g/mol. The number of nitrogens with zero attached hydrogens (tertiary/aromatic N) is 1. The van der Waals surface area contributed by atoms with Crippen molar-refractivity contribution in [2.24, 2.45) is 0 Å². The molecule has 0 aliphatic heterocycles. The van der Waals surface area contributed by atoms with Crippen LogP contribution in [0, 0.1) is 0 Å². The molecule has 0 bridgehead atoms. The molecule has 0 unspecified atom stereocenters. The number of rotatable bonds is 6. The number of hydrogen-bond donors (Lipinski definition) is 2. The molecule has 0 saturated carbocycles. The third-order valence-electron chi connectivity index (χ3n) is 1.76. The monoisotopic (exact) mass is 252 g/mol. The van der Waals surface area contributed by atoms with Gasteiger partial charge in [-0.25, -0.2) is 13.2 Å². The second-order valence-electron chi connectivity index (χ2n) is 3.43. The Bertz CT molecular complexity index is 351. The standard InChI is InChI=1S/C8H16N2O5S/c1-10(5-6-16(2,14)15)8(13)9-4-3-7(11)12/h3-6H2,1-2H3,(H,9,13)(H,11,12). The van der Waals surface area contributed by atoms with Crippen molar-refractivity contribution in [3.8, 4) is 0 Å². The van der Waals surface area contributed by atoms with Crippen molar-refractivity contribution < 1.29 is 23.1 Å². The number of aliphatic carboxylic acids is 1. The van der Waals surface area contributed by atoms with Crippen LogP contribution in [0.5, 0.6) is 0 Å². The highest BCUT2D eigenvalue weighted by atomic mass is 32.2. The van der Waals surface area contributed by atoms with Gasteiger partial charge < -0.3 is 15.3 Å². The van der Waals surface area contributed by atoms with Crippen molar-refractivity contribution in [1.82, 2.24) is 10.2 Å². The molecule has 0 radical (unpaired) electrons. The number of hydrogen-bond acceptors (Lipinski definition) is 4. The molecule has 0 rings (SSSR count). The van der Waals surface area contributed by atoms with Crippen molar-refractivity contribution in [3.05, 3.63) is 0 Å². The molecule has 2 amide bonds. The topological polar surface area (TPSA) is 104 Å². The molecule has 0 fully saturated rings. The summed E-state index contributed by atoms with van der Waals surface area (Å²) in [4.78, 5) is 22.6. The van der Waals surface area contributed by atoms with E-state index in [1.54, 1.807) is 0 Å². The minimum Gasteiger partial charge on any atom is -0.481 e. The molecule has 8 heteroatoms. The van der Waals surface area contributed by atoms with Crippen LogP contribution in [0.25, 0.3) is 0 Å². The first-order valence-electron chi connectivity index (χ1n) is 4.61. The van der Waals surface area contributed by atoms with Gasteiger partial charge in [-0.15, -0.1) is 0 Å². The van der Waals surface area contributed by atoms with Crippen molar-refractivity contribution in [3.63, 3.8) is 0 Å². The second-order valence-corrected chi connectivity index (χ2v) is 5.69. The van der Waals surface area contributed by atoms with Crippen LogP contribution in [0.3, 0.4) is 0 Å². The van der Waals surface area contributed by atoms with E-state index in [-0.39, 0.29) is 25.3 Å². The molecule has 0 aliphatic carbocycles. The van der Waals surface area contributed by atoms with Gasteiger partial charge in [0.1, 0.15) is 9.84 Å². The van der Waals surface area contributed by atoms with Crippen LogP contribution in [-0.2, 0) is 14.6 Å². The van der Waals surface area contributed by atoms with E-state index in [1.807, 2.05) is 0 Å². The van der Waals surface area contributed by atoms with Gasteiger partial charge in [0.15, 0.2) is 0 Å². The van der Waals surface area contributed by atoms with Gasteiger partial charge >= 0.3 is 12.0 Å². The smallest absolute Gasteiger partial charge is 0.317 e. The lowest BCUT2D eigenvalue weighted by Crippen LogP contribution is -2.40. The number of carbonyl (C=O) groups excluding carboxylic acids is 1. The van der Waals surface area contributed by atoms with Crippen LogP contribution in [0.1, 0.15) is 6.42 Å². The lowest BCUT2D eigenvalue weighted by atomic mass is 10.4. The van der Waals surface area contributed by atoms with Crippen LogP contribution in [0.2, 0.25) is 0 Å². The quantitative estimate of drug-likeness (QED) is 0.640. The van der Waals surface area contributed by atoms with E-state index in [4.69, 9.17) is 5.11 Å². The fraction of sp³-hybridized carbons (Fsp3) is 0.750. The number of carboxylic acid groups (broad SMARTS) is 1. The summed E-state index contributed by atoms with van der Waals surface area (Å²) >= 11 is 0. The summed E-state index contributed by atoms with van der Waals surface area (Å²) in [5.74, 6) is -1.12. The first-order chi connectivity index (χ1) is 7.22. The Morgan fingerprint density at radius 1 is 1.38 bits per heavy atom. The summed E-state index contributed by atoms with van der Waals surface area (Å²) in [5.41, 5.74) is 0. The van der Waals surface area contributed by atoms with Gasteiger partial charge in [0.05, 0.1) is 12.2 Å². The first-order valence-corrected chi connectivity index (χ1v) is 6.67. The third-order valence-corrected chi connectivity index (χ3v) is 2.68. The number of nitrogens with one attached hydrogen (secondary N) is 1. The van der Waals surface area contributed by atoms with Gasteiger partial charge in [0, 0.05) is 26.4 Å². The maximum absolute atomic E-state index is 11.3. The summed E-state index contributed by atoms with van der Waals surface area (Å²) in [5, 5.41) is 10.7.